The van der Waals surface area contributed by atoms with Gasteiger partial charge in [0.1, 0.15) is 5.52 Å². The Balaban J connectivity index is 1.57. The van der Waals surface area contributed by atoms with E-state index in [-0.39, 0.29) is 18.6 Å². The number of aliphatic hydroxyl groups is 1. The zero-order valence-electron chi connectivity index (χ0n) is 18.7. The van der Waals surface area contributed by atoms with Crippen LogP contribution in [0.5, 0.6) is 0 Å². The maximum atomic E-state index is 12.2. The number of hydrogen-bond donors (Lipinski definition) is 3. The Kier molecular flexibility index (Phi) is 5.56. The van der Waals surface area contributed by atoms with Crippen LogP contribution >= 0.6 is 11.3 Å². The van der Waals surface area contributed by atoms with E-state index in [9.17, 15) is 15.2 Å². The first kappa shape index (κ1) is 22.0. The number of aryl methyl sites for hydroxylation is 1. The molecular formula is C22H26N6O3S. The standard InChI is InChI=1S/C22H26N6O3S/c1-11-6-15-17(8-14(11)9-23)31-21(26-15)28-12(2)7-16-18(13(28)3)32-20(25-16)27-19(29)24-10-22(4,5)30/h6,8,12-13,30H,7,10H2,1-5H3,(H2,24,25,27,29)/t12-,13+/m1/s1. The highest BCUT2D eigenvalue weighted by molar-refractivity contribution is 7.16. The summed E-state index contributed by atoms with van der Waals surface area (Å²) in [7, 11) is 0. The van der Waals surface area contributed by atoms with Crippen molar-refractivity contribution in [1.82, 2.24) is 15.3 Å². The van der Waals surface area contributed by atoms with Gasteiger partial charge in [-0.1, -0.05) is 11.3 Å². The summed E-state index contributed by atoms with van der Waals surface area (Å²) in [5.74, 6) is 0. The monoisotopic (exact) mass is 454 g/mol. The first-order valence-electron chi connectivity index (χ1n) is 10.4. The van der Waals surface area contributed by atoms with E-state index in [1.165, 1.54) is 11.3 Å². The lowest BCUT2D eigenvalue weighted by molar-refractivity contribution is 0.0826. The Labute approximate surface area is 190 Å². The zero-order chi connectivity index (χ0) is 23.2. The quantitative estimate of drug-likeness (QED) is 0.546. The summed E-state index contributed by atoms with van der Waals surface area (Å²) in [4.78, 5) is 24.6. The highest BCUT2D eigenvalue weighted by Crippen LogP contribution is 2.41. The third-order valence-corrected chi connectivity index (χ3v) is 6.64. The molecule has 32 heavy (non-hydrogen) atoms. The van der Waals surface area contributed by atoms with Crippen LogP contribution in [-0.4, -0.2) is 39.3 Å². The molecule has 2 amide bonds. The van der Waals surface area contributed by atoms with Crippen LogP contribution in [-0.2, 0) is 6.42 Å². The van der Waals surface area contributed by atoms with Gasteiger partial charge < -0.3 is 19.7 Å². The van der Waals surface area contributed by atoms with Gasteiger partial charge in [-0.15, -0.1) is 0 Å². The predicted octanol–water partition coefficient (Wildman–Crippen LogP) is 3.87. The Hall–Kier alpha value is -3.16. The molecular weight excluding hydrogens is 428 g/mol. The van der Waals surface area contributed by atoms with E-state index >= 15 is 0 Å². The number of nitrogens with one attached hydrogen (secondary N) is 2. The molecule has 0 unspecified atom stereocenters. The minimum Gasteiger partial charge on any atom is -0.423 e. The van der Waals surface area contributed by atoms with Gasteiger partial charge in [-0.25, -0.2) is 9.78 Å². The van der Waals surface area contributed by atoms with E-state index in [1.54, 1.807) is 19.9 Å². The van der Waals surface area contributed by atoms with Crippen molar-refractivity contribution in [2.75, 3.05) is 16.8 Å². The third-order valence-electron chi connectivity index (χ3n) is 5.45. The molecule has 10 heteroatoms. The summed E-state index contributed by atoms with van der Waals surface area (Å²) in [6.45, 7) is 9.42. The lowest BCUT2D eigenvalue weighted by atomic mass is 10.0. The average molecular weight is 455 g/mol. The van der Waals surface area contributed by atoms with E-state index in [0.717, 1.165) is 21.7 Å². The molecule has 2 atom stereocenters. The summed E-state index contributed by atoms with van der Waals surface area (Å²) in [5, 5.41) is 25.0. The molecule has 0 radical (unpaired) electrons. The number of nitrogens with zero attached hydrogens (tertiary/aromatic N) is 4. The minimum atomic E-state index is -0.990. The fourth-order valence-electron chi connectivity index (χ4n) is 3.87. The van der Waals surface area contributed by atoms with Crippen LogP contribution < -0.4 is 15.5 Å². The smallest absolute Gasteiger partial charge is 0.321 e. The second kappa shape index (κ2) is 8.07. The fraction of sp³-hybridized carbons (Fsp3) is 0.455. The number of thiazole rings is 1. The van der Waals surface area contributed by atoms with Crippen LogP contribution in [0, 0.1) is 18.3 Å². The summed E-state index contributed by atoms with van der Waals surface area (Å²) < 4.78 is 6.04. The van der Waals surface area contributed by atoms with Gasteiger partial charge in [-0.3, -0.25) is 5.32 Å². The number of oxazole rings is 1. The number of benzene rings is 1. The molecule has 1 aliphatic rings. The molecule has 3 aromatic rings. The Morgan fingerprint density at radius 1 is 1.41 bits per heavy atom. The van der Waals surface area contributed by atoms with Crippen molar-refractivity contribution >= 4 is 39.6 Å². The van der Waals surface area contributed by atoms with Crippen molar-refractivity contribution < 1.29 is 14.3 Å². The maximum absolute atomic E-state index is 12.2. The van der Waals surface area contributed by atoms with Crippen LogP contribution in [0.4, 0.5) is 15.9 Å². The van der Waals surface area contributed by atoms with Gasteiger partial charge in [0.05, 0.1) is 33.8 Å². The van der Waals surface area contributed by atoms with E-state index in [1.807, 2.05) is 13.0 Å². The van der Waals surface area contributed by atoms with Crippen molar-refractivity contribution in [1.29, 1.82) is 5.26 Å². The molecule has 1 aromatic carbocycles. The summed E-state index contributed by atoms with van der Waals surface area (Å²) in [6, 6.07) is 5.91. The van der Waals surface area contributed by atoms with Gasteiger partial charge in [0.15, 0.2) is 10.7 Å². The molecule has 0 spiro atoms. The summed E-state index contributed by atoms with van der Waals surface area (Å²) >= 11 is 1.42. The van der Waals surface area contributed by atoms with Crippen molar-refractivity contribution in [3.63, 3.8) is 0 Å². The first-order chi connectivity index (χ1) is 15.1. The molecule has 0 fully saturated rings. The molecule has 0 saturated heterocycles. The fourth-order valence-corrected chi connectivity index (χ4v) is 4.90. The molecule has 9 nitrogen and oxygen atoms in total. The van der Waals surface area contributed by atoms with Crippen molar-refractivity contribution in [3.05, 3.63) is 33.8 Å². The SMILES string of the molecule is Cc1cc2nc(N3[C@H](C)Cc4nc(NC(=O)NCC(C)(C)O)sc4[C@@H]3C)oc2cc1C#N. The molecule has 0 aliphatic carbocycles. The first-order valence-corrected chi connectivity index (χ1v) is 11.2. The number of carbonyl (C=O) groups is 1. The maximum Gasteiger partial charge on any atom is 0.321 e. The molecule has 0 saturated carbocycles. The Morgan fingerprint density at radius 3 is 2.84 bits per heavy atom. The van der Waals surface area contributed by atoms with E-state index < -0.39 is 11.6 Å². The predicted molar refractivity (Wildman–Crippen MR) is 123 cm³/mol. The van der Waals surface area contributed by atoms with Gasteiger partial charge in [0, 0.05) is 25.1 Å². The number of hydrogen-bond acceptors (Lipinski definition) is 8. The minimum absolute atomic E-state index is 0.0502. The van der Waals surface area contributed by atoms with Crippen LogP contribution in [0.1, 0.15) is 55.4 Å². The van der Waals surface area contributed by atoms with E-state index in [0.29, 0.717) is 28.7 Å². The van der Waals surface area contributed by atoms with Gasteiger partial charge in [0.25, 0.3) is 6.01 Å². The zero-order valence-corrected chi connectivity index (χ0v) is 19.5. The second-order valence-corrected chi connectivity index (χ2v) is 9.86. The van der Waals surface area contributed by atoms with Gasteiger partial charge >= 0.3 is 6.03 Å². The number of fused-ring (bicyclic) bond motifs is 2. The molecule has 2 aromatic heterocycles. The summed E-state index contributed by atoms with van der Waals surface area (Å²) in [5.41, 5.74) is 2.70. The lowest BCUT2D eigenvalue weighted by Gasteiger charge is -2.36. The molecule has 4 rings (SSSR count). The topological polar surface area (TPSA) is 127 Å². The Morgan fingerprint density at radius 2 is 2.16 bits per heavy atom. The number of anilines is 2. The van der Waals surface area contributed by atoms with Crippen LogP contribution in [0.2, 0.25) is 0 Å². The summed E-state index contributed by atoms with van der Waals surface area (Å²) in [6.07, 6.45) is 0.685. The number of rotatable bonds is 4. The highest BCUT2D eigenvalue weighted by Gasteiger charge is 2.35. The van der Waals surface area contributed by atoms with Crippen LogP contribution in [0.15, 0.2) is 16.5 Å². The van der Waals surface area contributed by atoms with Crippen LogP contribution in [0.3, 0.4) is 0 Å². The Bertz CT molecular complexity index is 1220. The molecule has 0 bridgehead atoms. The third kappa shape index (κ3) is 4.26. The average Bonchev–Trinajstić information content (AvgIpc) is 3.28. The van der Waals surface area contributed by atoms with Gasteiger partial charge in [-0.2, -0.15) is 10.2 Å². The number of aromatic nitrogens is 2. The van der Waals surface area contributed by atoms with Crippen molar-refractivity contribution in [2.24, 2.45) is 0 Å². The van der Waals surface area contributed by atoms with Crippen LogP contribution in [0.25, 0.3) is 11.1 Å². The van der Waals surface area contributed by atoms with E-state index in [4.69, 9.17) is 4.42 Å². The number of carbonyl (C=O) groups excluding carboxylic acids is 1. The molecule has 3 heterocycles. The number of amides is 2. The highest BCUT2D eigenvalue weighted by atomic mass is 32.1. The van der Waals surface area contributed by atoms with Crippen molar-refractivity contribution in [2.45, 2.75) is 58.7 Å². The van der Waals surface area contributed by atoms with E-state index in [2.05, 4.69) is 45.4 Å². The molecule has 1 aliphatic heterocycles. The van der Waals surface area contributed by atoms with Gasteiger partial charge in [-0.05, 0) is 46.2 Å². The second-order valence-electron chi connectivity index (χ2n) is 8.83. The molecule has 3 N–H and O–H groups in total. The van der Waals surface area contributed by atoms with Gasteiger partial charge in [0.2, 0.25) is 0 Å². The van der Waals surface area contributed by atoms with Crippen molar-refractivity contribution in [3.8, 4) is 6.07 Å². The lowest BCUT2D eigenvalue weighted by Crippen LogP contribution is -2.41. The normalized spacial score (nSPS) is 18.3. The largest absolute Gasteiger partial charge is 0.423 e. The molecule has 168 valence electrons. The number of nitriles is 1. The number of urea groups is 1.